The lowest BCUT2D eigenvalue weighted by molar-refractivity contribution is 0.0911. The molecule has 1 saturated heterocycles. The molecular weight excluding hydrogens is 484 g/mol. The topological polar surface area (TPSA) is 109 Å². The number of hydrogen-bond donors (Lipinski definition) is 2. The van der Waals surface area contributed by atoms with Crippen molar-refractivity contribution in [1.29, 1.82) is 0 Å². The highest BCUT2D eigenvalue weighted by Gasteiger charge is 2.29. The molecule has 0 spiro atoms. The molecule has 1 aromatic heterocycles. The van der Waals surface area contributed by atoms with Gasteiger partial charge in [0.2, 0.25) is 0 Å². The van der Waals surface area contributed by atoms with E-state index >= 15 is 0 Å². The summed E-state index contributed by atoms with van der Waals surface area (Å²) in [5.41, 5.74) is 3.78. The third-order valence-corrected chi connectivity index (χ3v) is 6.83. The van der Waals surface area contributed by atoms with Crippen LogP contribution in [0.5, 0.6) is 0 Å². The van der Waals surface area contributed by atoms with Crippen LogP contribution in [0.3, 0.4) is 0 Å². The van der Waals surface area contributed by atoms with Crippen molar-refractivity contribution in [3.63, 3.8) is 0 Å². The molecule has 1 atom stereocenters. The number of morpholine rings is 1. The number of hydrogen-bond acceptors (Lipinski definition) is 7. The quantitative estimate of drug-likeness (QED) is 0.605. The molecule has 2 aromatic rings. The molecule has 1 unspecified atom stereocenters. The second-order valence-corrected chi connectivity index (χ2v) is 9.47. The fourth-order valence-corrected chi connectivity index (χ4v) is 4.82. The minimum atomic E-state index is -0.344. The molecule has 0 saturated carbocycles. The Morgan fingerprint density at radius 1 is 1.13 bits per heavy atom. The smallest absolute Gasteiger partial charge is 0.410 e. The molecule has 1 aromatic carbocycles. The summed E-state index contributed by atoms with van der Waals surface area (Å²) in [4.78, 5) is 38.7. The Morgan fingerprint density at radius 3 is 2.68 bits per heavy atom. The van der Waals surface area contributed by atoms with Crippen molar-refractivity contribution in [2.75, 3.05) is 44.3 Å². The van der Waals surface area contributed by atoms with Crippen LogP contribution >= 0.6 is 0 Å². The number of aromatic nitrogens is 2. The van der Waals surface area contributed by atoms with Crippen molar-refractivity contribution in [2.45, 2.75) is 39.0 Å². The molecule has 2 N–H and O–H groups in total. The van der Waals surface area contributed by atoms with Crippen LogP contribution in [-0.4, -0.2) is 72.4 Å². The van der Waals surface area contributed by atoms with Gasteiger partial charge in [-0.2, -0.15) is 0 Å². The summed E-state index contributed by atoms with van der Waals surface area (Å²) in [6.07, 6.45) is 6.94. The maximum Gasteiger partial charge on any atom is 0.410 e. The van der Waals surface area contributed by atoms with Gasteiger partial charge in [0.15, 0.2) is 5.82 Å². The molecule has 3 heterocycles. The number of nitrogens with one attached hydrogen (secondary N) is 2. The van der Waals surface area contributed by atoms with E-state index in [2.05, 4.69) is 21.6 Å². The van der Waals surface area contributed by atoms with Crippen LogP contribution in [0, 0.1) is 0 Å². The van der Waals surface area contributed by atoms with Crippen molar-refractivity contribution in [2.24, 2.45) is 0 Å². The summed E-state index contributed by atoms with van der Waals surface area (Å²) in [5.74, 6) is 1.54. The number of carbonyl (C=O) groups excluding carboxylic acids is 2. The molecule has 200 valence electrons. The monoisotopic (exact) mass is 518 g/mol. The Bertz CT molecular complexity index is 1210. The van der Waals surface area contributed by atoms with Gasteiger partial charge in [-0.3, -0.25) is 0 Å². The fourth-order valence-electron chi connectivity index (χ4n) is 4.82. The van der Waals surface area contributed by atoms with Gasteiger partial charge in [0.1, 0.15) is 12.4 Å². The van der Waals surface area contributed by atoms with Crippen LogP contribution in [0.1, 0.15) is 36.0 Å². The third kappa shape index (κ3) is 6.13. The molecule has 0 radical (unpaired) electrons. The van der Waals surface area contributed by atoms with Crippen molar-refractivity contribution >= 4 is 23.5 Å². The van der Waals surface area contributed by atoms with E-state index in [0.717, 1.165) is 41.3 Å². The molecule has 3 aliphatic rings. The summed E-state index contributed by atoms with van der Waals surface area (Å²) in [7, 11) is 0. The molecule has 1 fully saturated rings. The highest BCUT2D eigenvalue weighted by Crippen LogP contribution is 2.30. The number of benzene rings is 1. The van der Waals surface area contributed by atoms with Gasteiger partial charge in [0, 0.05) is 37.3 Å². The second-order valence-electron chi connectivity index (χ2n) is 9.47. The van der Waals surface area contributed by atoms with Crippen LogP contribution in [-0.2, 0) is 29.0 Å². The largest absolute Gasteiger partial charge is 0.445 e. The van der Waals surface area contributed by atoms with Gasteiger partial charge in [0.05, 0.1) is 31.5 Å². The highest BCUT2D eigenvalue weighted by molar-refractivity contribution is 5.76. The lowest BCUT2D eigenvalue weighted by Crippen LogP contribution is -2.41. The summed E-state index contributed by atoms with van der Waals surface area (Å²) in [6.45, 7) is 6.46. The van der Waals surface area contributed by atoms with Gasteiger partial charge in [-0.1, -0.05) is 48.6 Å². The van der Waals surface area contributed by atoms with Crippen molar-refractivity contribution in [1.82, 2.24) is 25.5 Å². The van der Waals surface area contributed by atoms with E-state index in [1.807, 2.05) is 49.4 Å². The SMILES string of the molecule is CCNC(=O)NC1C=CC(c2nc3c(c(N4CCOCC4)n2)CCN(C(=O)OCc2ccccc2)C3)=CC1. The highest BCUT2D eigenvalue weighted by atomic mass is 16.6. The van der Waals surface area contributed by atoms with Crippen LogP contribution in [0.4, 0.5) is 15.4 Å². The first-order valence-corrected chi connectivity index (χ1v) is 13.2. The molecular formula is C28H34N6O4. The minimum Gasteiger partial charge on any atom is -0.445 e. The number of nitrogens with zero attached hydrogens (tertiary/aromatic N) is 4. The number of rotatable bonds is 6. The Morgan fingerprint density at radius 2 is 1.95 bits per heavy atom. The van der Waals surface area contributed by atoms with E-state index in [0.29, 0.717) is 51.5 Å². The summed E-state index contributed by atoms with van der Waals surface area (Å²) in [6, 6.07) is 9.40. The predicted molar refractivity (Wildman–Crippen MR) is 144 cm³/mol. The average Bonchev–Trinajstić information content (AvgIpc) is 2.96. The molecule has 5 rings (SSSR count). The Balaban J connectivity index is 1.34. The van der Waals surface area contributed by atoms with Crippen LogP contribution in [0.2, 0.25) is 0 Å². The number of carbonyl (C=O) groups is 2. The fraction of sp³-hybridized carbons (Fsp3) is 0.429. The zero-order chi connectivity index (χ0) is 26.3. The van der Waals surface area contributed by atoms with Gasteiger partial charge < -0.3 is 29.9 Å². The maximum atomic E-state index is 12.9. The first-order chi connectivity index (χ1) is 18.6. The van der Waals surface area contributed by atoms with Crippen LogP contribution in [0.15, 0.2) is 48.6 Å². The zero-order valence-electron chi connectivity index (χ0n) is 21.7. The molecule has 0 bridgehead atoms. The predicted octanol–water partition coefficient (Wildman–Crippen LogP) is 3.04. The number of anilines is 1. The molecule has 10 heteroatoms. The molecule has 38 heavy (non-hydrogen) atoms. The number of urea groups is 1. The van der Waals surface area contributed by atoms with Gasteiger partial charge in [-0.05, 0) is 25.3 Å². The van der Waals surface area contributed by atoms with Gasteiger partial charge in [-0.25, -0.2) is 19.6 Å². The van der Waals surface area contributed by atoms with E-state index in [1.54, 1.807) is 4.90 Å². The number of fused-ring (bicyclic) bond motifs is 1. The number of allylic oxidation sites excluding steroid dienone is 2. The molecule has 1 aliphatic carbocycles. The molecule has 2 aliphatic heterocycles. The van der Waals surface area contributed by atoms with E-state index in [9.17, 15) is 9.59 Å². The minimum absolute atomic E-state index is 0.0866. The van der Waals surface area contributed by atoms with Crippen LogP contribution in [0.25, 0.3) is 5.57 Å². The number of amides is 3. The van der Waals surface area contributed by atoms with E-state index in [1.165, 1.54) is 0 Å². The first-order valence-electron chi connectivity index (χ1n) is 13.2. The Labute approximate surface area is 222 Å². The maximum absolute atomic E-state index is 12.9. The Kier molecular flexibility index (Phi) is 8.18. The van der Waals surface area contributed by atoms with Gasteiger partial charge in [0.25, 0.3) is 0 Å². The van der Waals surface area contributed by atoms with Gasteiger partial charge in [-0.15, -0.1) is 0 Å². The first kappa shape index (κ1) is 25.7. The molecule has 3 amide bonds. The third-order valence-electron chi connectivity index (χ3n) is 6.83. The standard InChI is InChI=1S/C28H34N6O4/c1-2-29-27(35)30-22-10-8-21(9-11-22)25-31-24-18-34(28(36)38-19-20-6-4-3-5-7-20)13-12-23(24)26(32-25)33-14-16-37-17-15-33/h3-10,22H,2,11-19H2,1H3,(H2,29,30,35). The van der Waals surface area contributed by atoms with E-state index in [4.69, 9.17) is 19.4 Å². The second kappa shape index (κ2) is 12.1. The Hall–Kier alpha value is -3.92. The lowest BCUT2D eigenvalue weighted by Gasteiger charge is -2.34. The number of ether oxygens (including phenoxy) is 2. The summed E-state index contributed by atoms with van der Waals surface area (Å²) < 4.78 is 11.2. The molecule has 10 nitrogen and oxygen atoms in total. The zero-order valence-corrected chi connectivity index (χ0v) is 21.7. The summed E-state index contributed by atoms with van der Waals surface area (Å²) in [5, 5.41) is 5.70. The average molecular weight is 519 g/mol. The van der Waals surface area contributed by atoms with Gasteiger partial charge >= 0.3 is 12.1 Å². The van der Waals surface area contributed by atoms with Crippen molar-refractivity contribution < 1.29 is 19.1 Å². The van der Waals surface area contributed by atoms with Crippen molar-refractivity contribution in [3.8, 4) is 0 Å². The van der Waals surface area contributed by atoms with E-state index < -0.39 is 0 Å². The van der Waals surface area contributed by atoms with Crippen molar-refractivity contribution in [3.05, 3.63) is 71.2 Å². The van der Waals surface area contributed by atoms with Crippen LogP contribution < -0.4 is 15.5 Å². The normalized spacial score (nSPS) is 18.9. The van der Waals surface area contributed by atoms with E-state index in [-0.39, 0.29) is 24.8 Å². The summed E-state index contributed by atoms with van der Waals surface area (Å²) >= 11 is 0. The lowest BCUT2D eigenvalue weighted by atomic mass is 10.0.